The standard InChI is InChI=1S/C30H35F2NO5/c1-17-5-7-19(8-6-17)33-15-18-13-27(3)23-12-22(31)21-11-20(35)9-10-26(21,2)29(23,32)24(36)14-28(27,4)30(18,38-33)25(37)16-34/h5-11,18,22-24,34,36H,12-16H2,1-4H3/t18-,22-,23-,24-,26-,27-,28-,29-,30-/m0/s1. The second kappa shape index (κ2) is 7.83. The lowest BCUT2D eigenvalue weighted by molar-refractivity contribution is -0.256. The van der Waals surface area contributed by atoms with Crippen LogP contribution in [0.5, 0.6) is 0 Å². The molecule has 1 saturated heterocycles. The summed E-state index contributed by atoms with van der Waals surface area (Å²) >= 11 is 0. The van der Waals surface area contributed by atoms with E-state index in [1.807, 2.05) is 45.0 Å². The number of hydrogen-bond acceptors (Lipinski definition) is 6. The largest absolute Gasteiger partial charge is 0.390 e. The zero-order valence-electron chi connectivity index (χ0n) is 22.2. The van der Waals surface area contributed by atoms with E-state index >= 15 is 8.78 Å². The lowest BCUT2D eigenvalue weighted by Crippen LogP contribution is -2.73. The summed E-state index contributed by atoms with van der Waals surface area (Å²) in [5.41, 5.74) is -5.42. The lowest BCUT2D eigenvalue weighted by Gasteiger charge is -2.67. The smallest absolute Gasteiger partial charge is 0.193 e. The monoisotopic (exact) mass is 527 g/mol. The van der Waals surface area contributed by atoms with Crippen LogP contribution in [0.3, 0.4) is 0 Å². The van der Waals surface area contributed by atoms with Crippen LogP contribution in [0.2, 0.25) is 0 Å². The van der Waals surface area contributed by atoms with Gasteiger partial charge in [0, 0.05) is 22.7 Å². The second-order valence-corrected chi connectivity index (χ2v) is 12.7. The molecule has 1 aliphatic heterocycles. The number of alkyl halides is 2. The first-order valence-corrected chi connectivity index (χ1v) is 13.4. The molecule has 6 rings (SSSR count). The van der Waals surface area contributed by atoms with Crippen molar-refractivity contribution >= 4 is 17.3 Å². The number of aryl methyl sites for hydroxylation is 1. The number of hydroxylamine groups is 1. The number of ketones is 2. The van der Waals surface area contributed by atoms with Crippen LogP contribution in [0.4, 0.5) is 14.5 Å². The minimum Gasteiger partial charge on any atom is -0.390 e. The molecular weight excluding hydrogens is 492 g/mol. The van der Waals surface area contributed by atoms with Gasteiger partial charge in [0.15, 0.2) is 22.8 Å². The average Bonchev–Trinajstić information content (AvgIpc) is 3.34. The summed E-state index contributed by atoms with van der Waals surface area (Å²) in [5, 5.41) is 23.5. The van der Waals surface area contributed by atoms with E-state index in [1.54, 1.807) is 12.0 Å². The van der Waals surface area contributed by atoms with Crippen molar-refractivity contribution in [3.8, 4) is 0 Å². The van der Waals surface area contributed by atoms with Gasteiger partial charge >= 0.3 is 0 Å². The molecule has 0 unspecified atom stereocenters. The number of halogens is 2. The third-order valence-electron chi connectivity index (χ3n) is 11.3. The van der Waals surface area contributed by atoms with Crippen LogP contribution < -0.4 is 5.06 Å². The van der Waals surface area contributed by atoms with Crippen LogP contribution in [-0.2, 0) is 14.4 Å². The van der Waals surface area contributed by atoms with Crippen LogP contribution in [0.1, 0.15) is 45.6 Å². The van der Waals surface area contributed by atoms with Gasteiger partial charge < -0.3 is 10.2 Å². The van der Waals surface area contributed by atoms with E-state index in [0.717, 1.165) is 11.3 Å². The van der Waals surface area contributed by atoms with Gasteiger partial charge in [-0.15, -0.1) is 0 Å². The van der Waals surface area contributed by atoms with Gasteiger partial charge in [-0.05, 0) is 68.4 Å². The van der Waals surface area contributed by atoms with Gasteiger partial charge in [-0.1, -0.05) is 37.6 Å². The highest BCUT2D eigenvalue weighted by Gasteiger charge is 2.83. The fourth-order valence-corrected chi connectivity index (χ4v) is 9.19. The van der Waals surface area contributed by atoms with Gasteiger partial charge in [-0.2, -0.15) is 0 Å². The Morgan fingerprint density at radius 3 is 2.53 bits per heavy atom. The first kappa shape index (κ1) is 25.8. The van der Waals surface area contributed by atoms with Crippen molar-refractivity contribution in [1.82, 2.24) is 0 Å². The minimum atomic E-state index is -2.26. The number of carbonyl (C=O) groups is 2. The number of carbonyl (C=O) groups excluding carboxylic acids is 2. The molecule has 1 aromatic rings. The number of rotatable bonds is 3. The maximum Gasteiger partial charge on any atom is 0.193 e. The number of allylic oxidation sites excluding steroid dienone is 4. The molecule has 6 nitrogen and oxygen atoms in total. The maximum absolute atomic E-state index is 17.6. The SMILES string of the molecule is Cc1ccc(N2C[C@@H]3C[C@@]4(C)[C@@H]5C[C@H](F)C6=CC(=O)C=C[C@]6(C)[C@@]5(F)[C@@H](O)C[C@]4(C)[C@]3(C(=O)CO)O2)cc1. The molecule has 5 aliphatic rings. The molecule has 3 saturated carbocycles. The zero-order chi connectivity index (χ0) is 27.5. The van der Waals surface area contributed by atoms with Crippen molar-refractivity contribution in [3.05, 3.63) is 53.6 Å². The summed E-state index contributed by atoms with van der Waals surface area (Å²) in [6.07, 6.45) is 0.776. The van der Waals surface area contributed by atoms with Gasteiger partial charge in [-0.25, -0.2) is 8.78 Å². The highest BCUT2D eigenvalue weighted by Crippen LogP contribution is 2.77. The molecule has 9 atom stereocenters. The highest BCUT2D eigenvalue weighted by molar-refractivity contribution is 6.01. The van der Waals surface area contributed by atoms with E-state index in [-0.39, 0.29) is 18.4 Å². The number of anilines is 1. The third kappa shape index (κ3) is 2.76. The number of fused-ring (bicyclic) bond motifs is 7. The summed E-state index contributed by atoms with van der Waals surface area (Å²) < 4.78 is 33.5. The van der Waals surface area contributed by atoms with Crippen molar-refractivity contribution in [3.63, 3.8) is 0 Å². The molecule has 1 aromatic carbocycles. The predicted molar refractivity (Wildman–Crippen MR) is 137 cm³/mol. The number of aliphatic hydroxyl groups excluding tert-OH is 2. The van der Waals surface area contributed by atoms with Crippen molar-refractivity contribution in [2.24, 2.45) is 28.1 Å². The lowest BCUT2D eigenvalue weighted by atomic mass is 9.39. The Morgan fingerprint density at radius 2 is 1.87 bits per heavy atom. The molecule has 4 aliphatic carbocycles. The van der Waals surface area contributed by atoms with Crippen molar-refractivity contribution in [1.29, 1.82) is 0 Å². The minimum absolute atomic E-state index is 0.0659. The predicted octanol–water partition coefficient (Wildman–Crippen LogP) is 3.98. The molecule has 1 heterocycles. The van der Waals surface area contributed by atoms with E-state index in [1.165, 1.54) is 18.2 Å². The Labute approximate surface area is 221 Å². The fourth-order valence-electron chi connectivity index (χ4n) is 9.19. The summed E-state index contributed by atoms with van der Waals surface area (Å²) in [5.74, 6) is -2.26. The van der Waals surface area contributed by atoms with Gasteiger partial charge in [0.05, 0.1) is 18.3 Å². The molecule has 0 aromatic heterocycles. The zero-order valence-corrected chi connectivity index (χ0v) is 22.2. The van der Waals surface area contributed by atoms with Crippen molar-refractivity contribution in [2.45, 2.75) is 70.5 Å². The van der Waals surface area contributed by atoms with E-state index in [9.17, 15) is 19.8 Å². The molecular formula is C30H35F2NO5. The van der Waals surface area contributed by atoms with Crippen molar-refractivity contribution in [2.75, 3.05) is 18.2 Å². The molecule has 0 spiro atoms. The molecule has 0 bridgehead atoms. The van der Waals surface area contributed by atoms with E-state index in [2.05, 4.69) is 0 Å². The Morgan fingerprint density at radius 1 is 1.18 bits per heavy atom. The molecule has 0 radical (unpaired) electrons. The summed E-state index contributed by atoms with van der Waals surface area (Å²) in [7, 11) is 0. The van der Waals surface area contributed by atoms with Gasteiger partial charge in [-0.3, -0.25) is 19.5 Å². The fraction of sp³-hybridized carbons (Fsp3) is 0.600. The van der Waals surface area contributed by atoms with Gasteiger partial charge in [0.1, 0.15) is 12.8 Å². The van der Waals surface area contributed by atoms with Crippen LogP contribution in [0.25, 0.3) is 0 Å². The van der Waals surface area contributed by atoms with Gasteiger partial charge in [0.2, 0.25) is 0 Å². The molecule has 38 heavy (non-hydrogen) atoms. The maximum atomic E-state index is 17.6. The first-order valence-electron chi connectivity index (χ1n) is 13.4. The van der Waals surface area contributed by atoms with Crippen LogP contribution >= 0.6 is 0 Å². The number of Topliss-reactive ketones (excluding diaryl/α,β-unsaturated/α-hetero) is 1. The van der Waals surface area contributed by atoms with Gasteiger partial charge in [0.25, 0.3) is 0 Å². The van der Waals surface area contributed by atoms with Crippen LogP contribution in [0.15, 0.2) is 48.1 Å². The molecule has 8 heteroatoms. The van der Waals surface area contributed by atoms with Crippen molar-refractivity contribution < 1.29 is 33.4 Å². The number of nitrogens with zero attached hydrogens (tertiary/aromatic N) is 1. The third-order valence-corrected chi connectivity index (χ3v) is 11.3. The highest BCUT2D eigenvalue weighted by atomic mass is 19.1. The van der Waals surface area contributed by atoms with Crippen LogP contribution in [-0.4, -0.2) is 58.5 Å². The topological polar surface area (TPSA) is 87.1 Å². The Balaban J connectivity index is 1.48. The summed E-state index contributed by atoms with van der Waals surface area (Å²) in [6, 6.07) is 7.69. The molecule has 2 N–H and O–H groups in total. The number of aliphatic hydroxyl groups is 2. The van der Waals surface area contributed by atoms with Crippen LogP contribution in [0, 0.1) is 35.0 Å². The molecule has 204 valence electrons. The summed E-state index contributed by atoms with van der Waals surface area (Å²) in [4.78, 5) is 32.3. The Bertz CT molecular complexity index is 1280. The van der Waals surface area contributed by atoms with E-state index in [4.69, 9.17) is 4.84 Å². The Hall–Kier alpha value is -2.42. The Kier molecular flexibility index (Phi) is 5.32. The average molecular weight is 528 g/mol. The van der Waals surface area contributed by atoms with E-state index in [0.29, 0.717) is 13.0 Å². The molecule has 0 amide bonds. The second-order valence-electron chi connectivity index (χ2n) is 12.7. The summed E-state index contributed by atoms with van der Waals surface area (Å²) in [6.45, 7) is 6.86. The number of benzene rings is 1. The first-order chi connectivity index (χ1) is 17.8. The normalized spacial score (nSPS) is 47.2. The number of hydrogen-bond donors (Lipinski definition) is 2. The van der Waals surface area contributed by atoms with E-state index < -0.39 is 69.8 Å². The molecule has 4 fully saturated rings. The quantitative estimate of drug-likeness (QED) is 0.619.